The SMILES string of the molecule is O=C(c1ccc(COc2nn3c(-c4cc(CO)on4)nnc3c3ccccc23)nc1)N1CCS(=O)(=O)CC1. The van der Waals surface area contributed by atoms with E-state index in [0.717, 1.165) is 10.8 Å². The van der Waals surface area contributed by atoms with Crippen LogP contribution < -0.4 is 4.74 Å². The molecule has 1 saturated heterocycles. The van der Waals surface area contributed by atoms with Crippen molar-refractivity contribution in [3.63, 3.8) is 0 Å². The lowest BCUT2D eigenvalue weighted by Gasteiger charge is -2.26. The molecule has 38 heavy (non-hydrogen) atoms. The molecule has 1 aromatic carbocycles. The highest BCUT2D eigenvalue weighted by Gasteiger charge is 2.26. The van der Waals surface area contributed by atoms with Crippen molar-refractivity contribution in [1.29, 1.82) is 0 Å². The van der Waals surface area contributed by atoms with Crippen molar-refractivity contribution in [1.82, 2.24) is 34.9 Å². The van der Waals surface area contributed by atoms with Gasteiger partial charge in [0.05, 0.1) is 22.8 Å². The molecular weight excluding hydrogens is 514 g/mol. The largest absolute Gasteiger partial charge is 0.470 e. The molecule has 6 rings (SSSR count). The first-order valence-electron chi connectivity index (χ1n) is 11.7. The minimum absolute atomic E-state index is 0.0310. The van der Waals surface area contributed by atoms with Gasteiger partial charge in [0, 0.05) is 36.1 Å². The summed E-state index contributed by atoms with van der Waals surface area (Å²) in [5.74, 6) is 0.609. The van der Waals surface area contributed by atoms with Crippen molar-refractivity contribution in [2.75, 3.05) is 24.6 Å². The quantitative estimate of drug-likeness (QED) is 0.333. The molecule has 0 bridgehead atoms. The molecule has 1 N–H and O–H groups in total. The number of hydrogen-bond acceptors (Lipinski definition) is 11. The van der Waals surface area contributed by atoms with Gasteiger partial charge in [0.1, 0.15) is 13.2 Å². The second kappa shape index (κ2) is 9.46. The van der Waals surface area contributed by atoms with Crippen LogP contribution in [-0.4, -0.2) is 78.9 Å². The molecule has 13 nitrogen and oxygen atoms in total. The summed E-state index contributed by atoms with van der Waals surface area (Å²) < 4.78 is 35.9. The van der Waals surface area contributed by atoms with Gasteiger partial charge in [0.2, 0.25) is 11.7 Å². The zero-order valence-electron chi connectivity index (χ0n) is 19.9. The summed E-state index contributed by atoms with van der Waals surface area (Å²) in [7, 11) is -3.08. The molecule has 0 radical (unpaired) electrons. The smallest absolute Gasteiger partial charge is 0.255 e. The molecule has 0 saturated carbocycles. The second-order valence-corrected chi connectivity index (χ2v) is 11.0. The first-order chi connectivity index (χ1) is 18.4. The van der Waals surface area contributed by atoms with Gasteiger partial charge in [-0.05, 0) is 18.2 Å². The normalized spacial score (nSPS) is 15.2. The van der Waals surface area contributed by atoms with Gasteiger partial charge in [-0.3, -0.25) is 9.78 Å². The van der Waals surface area contributed by atoms with Gasteiger partial charge in [0.15, 0.2) is 26.9 Å². The third-order valence-electron chi connectivity index (χ3n) is 6.23. The van der Waals surface area contributed by atoms with Crippen LogP contribution in [0.25, 0.3) is 27.9 Å². The lowest BCUT2D eigenvalue weighted by atomic mass is 10.2. The van der Waals surface area contributed by atoms with E-state index < -0.39 is 9.84 Å². The van der Waals surface area contributed by atoms with Crippen LogP contribution in [0.5, 0.6) is 5.88 Å². The number of aromatic nitrogens is 6. The van der Waals surface area contributed by atoms with Crippen LogP contribution in [0.1, 0.15) is 21.8 Å². The maximum absolute atomic E-state index is 12.7. The summed E-state index contributed by atoms with van der Waals surface area (Å²) in [5.41, 5.74) is 1.82. The van der Waals surface area contributed by atoms with Crippen molar-refractivity contribution >= 4 is 32.2 Å². The van der Waals surface area contributed by atoms with Crippen LogP contribution in [-0.2, 0) is 23.1 Å². The molecule has 14 heteroatoms. The molecule has 5 aromatic rings. The third kappa shape index (κ3) is 4.43. The van der Waals surface area contributed by atoms with E-state index in [4.69, 9.17) is 9.26 Å². The molecule has 1 aliphatic heterocycles. The fraction of sp³-hybridized carbons (Fsp3) is 0.250. The van der Waals surface area contributed by atoms with Gasteiger partial charge >= 0.3 is 0 Å². The number of sulfone groups is 1. The van der Waals surface area contributed by atoms with Gasteiger partial charge in [-0.2, -0.15) is 4.52 Å². The number of amides is 1. The minimum Gasteiger partial charge on any atom is -0.470 e. The Morgan fingerprint density at radius 1 is 1.08 bits per heavy atom. The Bertz CT molecular complexity index is 1750. The van der Waals surface area contributed by atoms with Crippen molar-refractivity contribution in [3.8, 4) is 17.4 Å². The van der Waals surface area contributed by atoms with Crippen molar-refractivity contribution in [3.05, 3.63) is 65.7 Å². The Kier molecular flexibility index (Phi) is 5.96. The number of pyridine rings is 1. The monoisotopic (exact) mass is 535 g/mol. The Morgan fingerprint density at radius 2 is 1.87 bits per heavy atom. The van der Waals surface area contributed by atoms with E-state index >= 15 is 0 Å². The van der Waals surface area contributed by atoms with Crippen LogP contribution in [0.4, 0.5) is 0 Å². The first-order valence-corrected chi connectivity index (χ1v) is 13.5. The zero-order valence-corrected chi connectivity index (χ0v) is 20.7. The maximum atomic E-state index is 12.7. The van der Waals surface area contributed by atoms with E-state index in [2.05, 4.69) is 25.4 Å². The molecule has 1 aliphatic rings. The van der Waals surface area contributed by atoms with Crippen LogP contribution in [0.3, 0.4) is 0 Å². The number of aliphatic hydroxyl groups is 1. The number of fused-ring (bicyclic) bond motifs is 3. The molecule has 0 unspecified atom stereocenters. The number of nitrogens with zero attached hydrogens (tertiary/aromatic N) is 7. The Morgan fingerprint density at radius 3 is 2.58 bits per heavy atom. The third-order valence-corrected chi connectivity index (χ3v) is 7.84. The van der Waals surface area contributed by atoms with Crippen LogP contribution in [0, 0.1) is 0 Å². The minimum atomic E-state index is -3.08. The topological polar surface area (TPSA) is 166 Å². The van der Waals surface area contributed by atoms with E-state index in [1.807, 2.05) is 24.3 Å². The molecular formula is C24H21N7O6S. The summed E-state index contributed by atoms with van der Waals surface area (Å²) >= 11 is 0. The van der Waals surface area contributed by atoms with Gasteiger partial charge in [0.25, 0.3) is 5.91 Å². The number of rotatable bonds is 6. The molecule has 0 spiro atoms. The molecule has 1 amide bonds. The fourth-order valence-corrected chi connectivity index (χ4v) is 5.39. The number of benzene rings is 1. The van der Waals surface area contributed by atoms with Gasteiger partial charge in [-0.15, -0.1) is 15.3 Å². The second-order valence-electron chi connectivity index (χ2n) is 8.72. The highest BCUT2D eigenvalue weighted by molar-refractivity contribution is 7.91. The molecule has 0 aliphatic carbocycles. The summed E-state index contributed by atoms with van der Waals surface area (Å²) in [4.78, 5) is 18.6. The summed E-state index contributed by atoms with van der Waals surface area (Å²) in [6, 6.07) is 12.4. The molecule has 4 aromatic heterocycles. The Balaban J connectivity index is 1.25. The van der Waals surface area contributed by atoms with E-state index in [9.17, 15) is 18.3 Å². The highest BCUT2D eigenvalue weighted by Crippen LogP contribution is 2.29. The van der Waals surface area contributed by atoms with Gasteiger partial charge in [-0.25, -0.2) is 8.42 Å². The first kappa shape index (κ1) is 23.9. The Hall–Kier alpha value is -4.43. The van der Waals surface area contributed by atoms with Crippen LogP contribution in [0.15, 0.2) is 53.2 Å². The fourth-order valence-electron chi connectivity index (χ4n) is 4.19. The van der Waals surface area contributed by atoms with E-state index in [-0.39, 0.29) is 49.5 Å². The average Bonchev–Trinajstić information content (AvgIpc) is 3.59. The molecule has 5 heterocycles. The number of hydrogen-bond donors (Lipinski definition) is 1. The number of carbonyl (C=O) groups excluding carboxylic acids is 1. The summed E-state index contributed by atoms with van der Waals surface area (Å²) in [6.07, 6.45) is 1.46. The van der Waals surface area contributed by atoms with Crippen LogP contribution >= 0.6 is 0 Å². The predicted molar refractivity (Wildman–Crippen MR) is 133 cm³/mol. The number of aliphatic hydroxyl groups excluding tert-OH is 1. The van der Waals surface area contributed by atoms with Crippen LogP contribution in [0.2, 0.25) is 0 Å². The standard InChI is InChI=1S/C24H21N7O6S/c32-13-17-11-20(29-37-17)22-27-26-21-18-3-1-2-4-19(18)23(28-31(21)22)36-14-16-6-5-15(12-25-16)24(33)30-7-9-38(34,35)10-8-30/h1-6,11-12,32H,7-10,13-14H2. The zero-order chi connectivity index (χ0) is 26.3. The summed E-state index contributed by atoms with van der Waals surface area (Å²) in [5, 5.41) is 27.8. The number of carbonyl (C=O) groups is 1. The molecule has 0 atom stereocenters. The van der Waals surface area contributed by atoms with Crippen molar-refractivity contribution in [2.45, 2.75) is 13.2 Å². The lowest BCUT2D eigenvalue weighted by Crippen LogP contribution is -2.43. The van der Waals surface area contributed by atoms with Crippen molar-refractivity contribution < 1.29 is 27.6 Å². The van der Waals surface area contributed by atoms with Gasteiger partial charge < -0.3 is 19.3 Å². The number of ether oxygens (including phenoxy) is 1. The van der Waals surface area contributed by atoms with Gasteiger partial charge in [-0.1, -0.05) is 23.4 Å². The van der Waals surface area contributed by atoms with E-state index in [1.165, 1.54) is 15.6 Å². The van der Waals surface area contributed by atoms with Crippen molar-refractivity contribution in [2.24, 2.45) is 0 Å². The average molecular weight is 536 g/mol. The lowest BCUT2D eigenvalue weighted by molar-refractivity contribution is 0.0769. The predicted octanol–water partition coefficient (Wildman–Crippen LogP) is 1.27. The van der Waals surface area contributed by atoms with E-state index in [0.29, 0.717) is 34.3 Å². The van der Waals surface area contributed by atoms with E-state index in [1.54, 1.807) is 18.2 Å². The summed E-state index contributed by atoms with van der Waals surface area (Å²) in [6.45, 7) is 0.128. The molecule has 194 valence electrons. The molecule has 1 fully saturated rings. The Labute approximate surface area is 215 Å². The highest BCUT2D eigenvalue weighted by atomic mass is 32.2. The maximum Gasteiger partial charge on any atom is 0.255 e.